The zero-order valence-corrected chi connectivity index (χ0v) is 13.3. The SMILES string of the molecule is Cc1cccc(NC[C@@H]2CCN(CCC(=O)NC3CC3)C2)n1. The molecule has 2 N–H and O–H groups in total. The van der Waals surface area contributed by atoms with Crippen LogP contribution in [0.15, 0.2) is 18.2 Å². The number of aryl methyl sites for hydroxylation is 1. The fourth-order valence-corrected chi connectivity index (χ4v) is 2.96. The minimum atomic E-state index is 0.216. The molecule has 2 heterocycles. The average molecular weight is 302 g/mol. The van der Waals surface area contributed by atoms with Crippen LogP contribution in [0.4, 0.5) is 5.82 Å². The molecule has 2 fully saturated rings. The summed E-state index contributed by atoms with van der Waals surface area (Å²) in [7, 11) is 0. The van der Waals surface area contributed by atoms with Gasteiger partial charge in [0.1, 0.15) is 5.82 Å². The quantitative estimate of drug-likeness (QED) is 0.806. The summed E-state index contributed by atoms with van der Waals surface area (Å²) in [5.41, 5.74) is 1.04. The van der Waals surface area contributed by atoms with E-state index in [2.05, 4.69) is 20.5 Å². The number of likely N-dealkylation sites (tertiary alicyclic amines) is 1. The van der Waals surface area contributed by atoms with Crippen molar-refractivity contribution >= 4 is 11.7 Å². The van der Waals surface area contributed by atoms with Crippen LogP contribution in [-0.4, -0.2) is 48.0 Å². The van der Waals surface area contributed by atoms with Crippen molar-refractivity contribution in [1.29, 1.82) is 0 Å². The molecular formula is C17H26N4O. The van der Waals surface area contributed by atoms with Crippen LogP contribution in [0.2, 0.25) is 0 Å². The van der Waals surface area contributed by atoms with Gasteiger partial charge in [-0.15, -0.1) is 0 Å². The van der Waals surface area contributed by atoms with Crippen LogP contribution in [0.3, 0.4) is 0 Å². The second kappa shape index (κ2) is 7.09. The number of anilines is 1. The van der Waals surface area contributed by atoms with Gasteiger partial charge >= 0.3 is 0 Å². The van der Waals surface area contributed by atoms with Gasteiger partial charge in [-0.25, -0.2) is 4.98 Å². The summed E-state index contributed by atoms with van der Waals surface area (Å²) in [6.07, 6.45) is 4.16. The van der Waals surface area contributed by atoms with Gasteiger partial charge in [0.2, 0.25) is 5.91 Å². The lowest BCUT2D eigenvalue weighted by molar-refractivity contribution is -0.121. The molecule has 0 spiro atoms. The van der Waals surface area contributed by atoms with E-state index in [1.807, 2.05) is 25.1 Å². The van der Waals surface area contributed by atoms with E-state index in [9.17, 15) is 4.79 Å². The van der Waals surface area contributed by atoms with E-state index in [4.69, 9.17) is 0 Å². The highest BCUT2D eigenvalue weighted by Crippen LogP contribution is 2.19. The minimum absolute atomic E-state index is 0.216. The Kier molecular flexibility index (Phi) is 4.93. The van der Waals surface area contributed by atoms with Gasteiger partial charge in [0.25, 0.3) is 0 Å². The zero-order valence-electron chi connectivity index (χ0n) is 13.3. The molecule has 1 atom stereocenters. The molecule has 0 radical (unpaired) electrons. The summed E-state index contributed by atoms with van der Waals surface area (Å²) in [6.45, 7) is 6.04. The summed E-state index contributed by atoms with van der Waals surface area (Å²) < 4.78 is 0. The number of hydrogen-bond acceptors (Lipinski definition) is 4. The maximum Gasteiger partial charge on any atom is 0.221 e. The molecule has 0 unspecified atom stereocenters. The maximum atomic E-state index is 11.7. The molecule has 120 valence electrons. The summed E-state index contributed by atoms with van der Waals surface area (Å²) in [5.74, 6) is 1.82. The Bertz CT molecular complexity index is 515. The number of hydrogen-bond donors (Lipinski definition) is 2. The topological polar surface area (TPSA) is 57.3 Å². The largest absolute Gasteiger partial charge is 0.370 e. The van der Waals surface area contributed by atoms with Crippen LogP contribution >= 0.6 is 0 Å². The van der Waals surface area contributed by atoms with Gasteiger partial charge in [0.05, 0.1) is 0 Å². The van der Waals surface area contributed by atoms with Gasteiger partial charge in [0, 0.05) is 37.8 Å². The van der Waals surface area contributed by atoms with E-state index >= 15 is 0 Å². The highest BCUT2D eigenvalue weighted by atomic mass is 16.1. The van der Waals surface area contributed by atoms with Crippen molar-refractivity contribution in [2.24, 2.45) is 5.92 Å². The van der Waals surface area contributed by atoms with Gasteiger partial charge in [-0.05, 0) is 50.8 Å². The van der Waals surface area contributed by atoms with E-state index in [1.54, 1.807) is 0 Å². The van der Waals surface area contributed by atoms with Crippen LogP contribution in [0.5, 0.6) is 0 Å². The molecule has 3 rings (SSSR count). The monoisotopic (exact) mass is 302 g/mol. The molecule has 1 aromatic rings. The molecule has 1 saturated heterocycles. The molecule has 1 amide bonds. The molecule has 22 heavy (non-hydrogen) atoms. The molecular weight excluding hydrogens is 276 g/mol. The van der Waals surface area contributed by atoms with Gasteiger partial charge in [-0.1, -0.05) is 6.07 Å². The first-order chi connectivity index (χ1) is 10.7. The third-order valence-corrected chi connectivity index (χ3v) is 4.43. The number of aromatic nitrogens is 1. The summed E-state index contributed by atoms with van der Waals surface area (Å²) in [5, 5.41) is 6.48. The number of carbonyl (C=O) groups is 1. The highest BCUT2D eigenvalue weighted by Gasteiger charge is 2.25. The third-order valence-electron chi connectivity index (χ3n) is 4.43. The Balaban J connectivity index is 1.34. The maximum absolute atomic E-state index is 11.7. The van der Waals surface area contributed by atoms with E-state index < -0.39 is 0 Å². The molecule has 0 bridgehead atoms. The van der Waals surface area contributed by atoms with Crippen LogP contribution in [0, 0.1) is 12.8 Å². The van der Waals surface area contributed by atoms with E-state index in [1.165, 1.54) is 6.42 Å². The second-order valence-corrected chi connectivity index (χ2v) is 6.59. The first-order valence-electron chi connectivity index (χ1n) is 8.38. The van der Waals surface area contributed by atoms with Crippen molar-refractivity contribution in [1.82, 2.24) is 15.2 Å². The lowest BCUT2D eigenvalue weighted by atomic mass is 10.1. The molecule has 2 aliphatic rings. The summed E-state index contributed by atoms with van der Waals surface area (Å²) in [4.78, 5) is 18.6. The smallest absolute Gasteiger partial charge is 0.221 e. The van der Waals surface area contributed by atoms with Crippen molar-refractivity contribution in [3.8, 4) is 0 Å². The second-order valence-electron chi connectivity index (χ2n) is 6.59. The van der Waals surface area contributed by atoms with Gasteiger partial charge in [-0.2, -0.15) is 0 Å². The number of pyridine rings is 1. The molecule has 1 aliphatic heterocycles. The van der Waals surface area contributed by atoms with Crippen molar-refractivity contribution in [3.63, 3.8) is 0 Å². The van der Waals surface area contributed by atoms with E-state index in [0.29, 0.717) is 18.4 Å². The normalized spacial score (nSPS) is 21.8. The molecule has 5 heteroatoms. The Morgan fingerprint density at radius 1 is 1.36 bits per heavy atom. The van der Waals surface area contributed by atoms with Crippen LogP contribution in [0.1, 0.15) is 31.4 Å². The van der Waals surface area contributed by atoms with Crippen LogP contribution < -0.4 is 10.6 Å². The van der Waals surface area contributed by atoms with Crippen molar-refractivity contribution in [2.45, 2.75) is 38.6 Å². The van der Waals surface area contributed by atoms with Crippen molar-refractivity contribution in [2.75, 3.05) is 31.5 Å². The van der Waals surface area contributed by atoms with Gasteiger partial charge in [0.15, 0.2) is 0 Å². The molecule has 1 aliphatic carbocycles. The van der Waals surface area contributed by atoms with Gasteiger partial charge < -0.3 is 15.5 Å². The lowest BCUT2D eigenvalue weighted by Gasteiger charge is -2.16. The number of nitrogens with one attached hydrogen (secondary N) is 2. The standard InChI is InChI=1S/C17H26N4O/c1-13-3-2-4-16(19-13)18-11-14-7-9-21(12-14)10-8-17(22)20-15-5-6-15/h2-4,14-15H,5-12H2,1H3,(H,18,19)(H,20,22)/t14-/m0/s1. The first kappa shape index (κ1) is 15.3. The third kappa shape index (κ3) is 4.70. The van der Waals surface area contributed by atoms with E-state index in [-0.39, 0.29) is 5.91 Å². The van der Waals surface area contributed by atoms with Crippen LogP contribution in [0.25, 0.3) is 0 Å². The Morgan fingerprint density at radius 2 is 2.23 bits per heavy atom. The number of nitrogens with zero attached hydrogens (tertiary/aromatic N) is 2. The molecule has 5 nitrogen and oxygen atoms in total. The molecule has 1 aromatic heterocycles. The summed E-state index contributed by atoms with van der Waals surface area (Å²) in [6, 6.07) is 6.53. The Morgan fingerprint density at radius 3 is 3.00 bits per heavy atom. The number of carbonyl (C=O) groups excluding carboxylic acids is 1. The molecule has 1 saturated carbocycles. The van der Waals surface area contributed by atoms with Crippen molar-refractivity contribution < 1.29 is 4.79 Å². The highest BCUT2D eigenvalue weighted by molar-refractivity contribution is 5.76. The fourth-order valence-electron chi connectivity index (χ4n) is 2.96. The fraction of sp³-hybridized carbons (Fsp3) is 0.647. The Labute approximate surface area is 132 Å². The molecule has 0 aromatic carbocycles. The predicted molar refractivity (Wildman–Crippen MR) is 87.8 cm³/mol. The average Bonchev–Trinajstić information content (AvgIpc) is 3.19. The lowest BCUT2D eigenvalue weighted by Crippen LogP contribution is -2.31. The number of rotatable bonds is 7. The Hall–Kier alpha value is -1.62. The predicted octanol–water partition coefficient (Wildman–Crippen LogP) is 1.79. The zero-order chi connectivity index (χ0) is 15.4. The van der Waals surface area contributed by atoms with Gasteiger partial charge in [-0.3, -0.25) is 4.79 Å². The number of amides is 1. The first-order valence-corrected chi connectivity index (χ1v) is 8.38. The minimum Gasteiger partial charge on any atom is -0.370 e. The van der Waals surface area contributed by atoms with Crippen LogP contribution in [-0.2, 0) is 4.79 Å². The van der Waals surface area contributed by atoms with E-state index in [0.717, 1.165) is 50.5 Å². The van der Waals surface area contributed by atoms with Crippen molar-refractivity contribution in [3.05, 3.63) is 23.9 Å². The summed E-state index contributed by atoms with van der Waals surface area (Å²) >= 11 is 0.